The molecular formula is C19H31N3O3. The second kappa shape index (κ2) is 7.89. The summed E-state index contributed by atoms with van der Waals surface area (Å²) in [7, 11) is 0. The van der Waals surface area contributed by atoms with Crippen molar-refractivity contribution in [2.75, 3.05) is 52.4 Å². The van der Waals surface area contributed by atoms with E-state index in [1.807, 2.05) is 24.8 Å². The van der Waals surface area contributed by atoms with E-state index in [0.29, 0.717) is 11.8 Å². The van der Waals surface area contributed by atoms with Crippen LogP contribution in [0.1, 0.15) is 35.7 Å². The molecule has 0 N–H and O–H groups in total. The molecule has 6 heteroatoms. The summed E-state index contributed by atoms with van der Waals surface area (Å²) >= 11 is 0. The Labute approximate surface area is 150 Å². The second-order valence-corrected chi connectivity index (χ2v) is 7.54. The van der Waals surface area contributed by atoms with E-state index < -0.39 is 0 Å². The summed E-state index contributed by atoms with van der Waals surface area (Å²) in [6, 6.07) is 2.49. The summed E-state index contributed by atoms with van der Waals surface area (Å²) in [6.45, 7) is 15.4. The highest BCUT2D eigenvalue weighted by atomic mass is 16.5. The van der Waals surface area contributed by atoms with E-state index in [1.165, 1.54) is 0 Å². The van der Waals surface area contributed by atoms with Crippen molar-refractivity contribution in [3.63, 3.8) is 0 Å². The minimum atomic E-state index is 0.0187. The van der Waals surface area contributed by atoms with Gasteiger partial charge in [0.1, 0.15) is 5.76 Å². The number of ether oxygens (including phenoxy) is 1. The highest BCUT2D eigenvalue weighted by Gasteiger charge is 2.28. The number of carbonyl (C=O) groups excluding carboxylic acids is 1. The van der Waals surface area contributed by atoms with Crippen molar-refractivity contribution in [2.45, 2.75) is 39.8 Å². The molecule has 3 rings (SSSR count). The van der Waals surface area contributed by atoms with Crippen molar-refractivity contribution in [2.24, 2.45) is 0 Å². The number of hydrogen-bond acceptors (Lipinski definition) is 5. The van der Waals surface area contributed by atoms with E-state index in [2.05, 4.69) is 23.6 Å². The second-order valence-electron chi connectivity index (χ2n) is 7.54. The van der Waals surface area contributed by atoms with Crippen molar-refractivity contribution < 1.29 is 13.9 Å². The summed E-state index contributed by atoms with van der Waals surface area (Å²) in [6.07, 6.45) is 0.272. The summed E-state index contributed by atoms with van der Waals surface area (Å²) < 4.78 is 11.5. The zero-order valence-electron chi connectivity index (χ0n) is 16.0. The number of amides is 1. The van der Waals surface area contributed by atoms with E-state index in [1.54, 1.807) is 0 Å². The Hall–Kier alpha value is -1.37. The molecule has 2 fully saturated rings. The van der Waals surface area contributed by atoms with E-state index in [-0.39, 0.29) is 12.0 Å². The molecule has 0 spiro atoms. The molecule has 0 bridgehead atoms. The average Bonchev–Trinajstić information content (AvgIpc) is 2.93. The highest BCUT2D eigenvalue weighted by molar-refractivity contribution is 5.93. The van der Waals surface area contributed by atoms with Crippen LogP contribution in [0.15, 0.2) is 10.5 Å². The number of morpholine rings is 1. The van der Waals surface area contributed by atoms with Gasteiger partial charge in [0.05, 0.1) is 12.7 Å². The first-order valence-corrected chi connectivity index (χ1v) is 9.38. The highest BCUT2D eigenvalue weighted by Crippen LogP contribution is 2.18. The molecule has 0 aliphatic carbocycles. The van der Waals surface area contributed by atoms with Crippen LogP contribution in [0.5, 0.6) is 0 Å². The summed E-state index contributed by atoms with van der Waals surface area (Å²) in [5.74, 6) is 1.31. The van der Waals surface area contributed by atoms with Gasteiger partial charge in [-0.1, -0.05) is 0 Å². The number of carbonyl (C=O) groups is 1. The summed E-state index contributed by atoms with van der Waals surface area (Å²) in [5.41, 5.74) is 0.925. The Bertz CT molecular complexity index is 591. The predicted molar refractivity (Wildman–Crippen MR) is 97.0 cm³/mol. The van der Waals surface area contributed by atoms with Crippen LogP contribution in [-0.4, -0.2) is 85.2 Å². The lowest BCUT2D eigenvalue weighted by molar-refractivity contribution is -0.0556. The van der Waals surface area contributed by atoms with Gasteiger partial charge in [-0.05, 0) is 33.8 Å². The predicted octanol–water partition coefficient (Wildman–Crippen LogP) is 1.76. The first kappa shape index (κ1) is 18.4. The summed E-state index contributed by atoms with van der Waals surface area (Å²) in [4.78, 5) is 19.4. The topological polar surface area (TPSA) is 49.2 Å². The van der Waals surface area contributed by atoms with E-state index in [9.17, 15) is 4.79 Å². The smallest absolute Gasteiger partial charge is 0.289 e. The first-order chi connectivity index (χ1) is 11.9. The zero-order valence-corrected chi connectivity index (χ0v) is 16.0. The molecule has 1 aromatic heterocycles. The van der Waals surface area contributed by atoms with Crippen LogP contribution >= 0.6 is 0 Å². The van der Waals surface area contributed by atoms with Gasteiger partial charge >= 0.3 is 0 Å². The van der Waals surface area contributed by atoms with Crippen molar-refractivity contribution in [1.29, 1.82) is 0 Å². The van der Waals surface area contributed by atoms with Crippen molar-refractivity contribution in [3.8, 4) is 0 Å². The fourth-order valence-electron chi connectivity index (χ4n) is 3.74. The normalized spacial score (nSPS) is 23.4. The molecule has 3 heterocycles. The summed E-state index contributed by atoms with van der Waals surface area (Å²) in [5, 5.41) is 0. The lowest BCUT2D eigenvalue weighted by Gasteiger charge is -2.40. The fourth-order valence-corrected chi connectivity index (χ4v) is 3.74. The van der Waals surface area contributed by atoms with E-state index in [4.69, 9.17) is 9.15 Å². The molecule has 6 nitrogen and oxygen atoms in total. The van der Waals surface area contributed by atoms with Gasteiger partial charge in [0.25, 0.3) is 5.91 Å². The van der Waals surface area contributed by atoms with Crippen LogP contribution in [-0.2, 0) is 4.74 Å². The van der Waals surface area contributed by atoms with Gasteiger partial charge < -0.3 is 14.1 Å². The molecule has 2 aliphatic heterocycles. The molecule has 140 valence electrons. The maximum absolute atomic E-state index is 12.6. The lowest BCUT2D eigenvalue weighted by atomic mass is 10.2. The number of nitrogens with zero attached hydrogens (tertiary/aromatic N) is 3. The van der Waals surface area contributed by atoms with Gasteiger partial charge in [0.15, 0.2) is 5.76 Å². The number of rotatable bonds is 4. The molecule has 2 aliphatic rings. The van der Waals surface area contributed by atoms with Crippen molar-refractivity contribution in [3.05, 3.63) is 23.2 Å². The molecule has 0 saturated carbocycles. The Morgan fingerprint density at radius 3 is 2.52 bits per heavy atom. The van der Waals surface area contributed by atoms with Crippen molar-refractivity contribution >= 4 is 5.91 Å². The third kappa shape index (κ3) is 4.43. The van der Waals surface area contributed by atoms with Crippen LogP contribution in [0.3, 0.4) is 0 Å². The van der Waals surface area contributed by atoms with Gasteiger partial charge in [-0.15, -0.1) is 0 Å². The SMILES string of the molecule is Cc1cc(C)c(C(=O)N2CCN(C[C@@H]3CN(C(C)C)CCO3)CC2)o1. The van der Waals surface area contributed by atoms with Gasteiger partial charge in [-0.25, -0.2) is 0 Å². The molecule has 2 saturated heterocycles. The van der Waals surface area contributed by atoms with Gasteiger partial charge in [0.2, 0.25) is 0 Å². The molecule has 1 amide bonds. The number of piperazine rings is 1. The number of furan rings is 1. The zero-order chi connectivity index (χ0) is 18.0. The quantitative estimate of drug-likeness (QED) is 0.829. The standard InChI is InChI=1S/C19H31N3O3/c1-14(2)22-9-10-24-17(13-22)12-20-5-7-21(8-6-20)19(23)18-15(3)11-16(4)25-18/h11,14,17H,5-10,12-13H2,1-4H3/t17-/m1/s1. The van der Waals surface area contributed by atoms with E-state index >= 15 is 0 Å². The van der Waals surface area contributed by atoms with Gasteiger partial charge in [-0.3, -0.25) is 14.6 Å². The Balaban J connectivity index is 1.49. The lowest BCUT2D eigenvalue weighted by Crippen LogP contribution is -2.54. The maximum Gasteiger partial charge on any atom is 0.289 e. The minimum Gasteiger partial charge on any atom is -0.456 e. The van der Waals surface area contributed by atoms with Crippen molar-refractivity contribution in [1.82, 2.24) is 14.7 Å². The molecule has 0 unspecified atom stereocenters. The third-order valence-electron chi connectivity index (χ3n) is 5.26. The first-order valence-electron chi connectivity index (χ1n) is 9.38. The largest absolute Gasteiger partial charge is 0.456 e. The van der Waals surface area contributed by atoms with Crippen LogP contribution in [0.4, 0.5) is 0 Å². The Kier molecular flexibility index (Phi) is 5.81. The maximum atomic E-state index is 12.6. The van der Waals surface area contributed by atoms with Crippen LogP contribution in [0.25, 0.3) is 0 Å². The Morgan fingerprint density at radius 2 is 1.92 bits per heavy atom. The van der Waals surface area contributed by atoms with E-state index in [0.717, 1.165) is 63.7 Å². The van der Waals surface area contributed by atoms with Gasteiger partial charge in [0, 0.05) is 57.4 Å². The molecular weight excluding hydrogens is 318 g/mol. The molecule has 1 atom stereocenters. The average molecular weight is 349 g/mol. The third-order valence-corrected chi connectivity index (χ3v) is 5.26. The molecule has 25 heavy (non-hydrogen) atoms. The number of aryl methyl sites for hydroxylation is 2. The molecule has 0 aromatic carbocycles. The Morgan fingerprint density at radius 1 is 1.20 bits per heavy atom. The fraction of sp³-hybridized carbons (Fsp3) is 0.737. The van der Waals surface area contributed by atoms with Crippen LogP contribution in [0.2, 0.25) is 0 Å². The van der Waals surface area contributed by atoms with Crippen LogP contribution in [0, 0.1) is 13.8 Å². The minimum absolute atomic E-state index is 0.0187. The monoisotopic (exact) mass is 349 g/mol. The van der Waals surface area contributed by atoms with Gasteiger partial charge in [-0.2, -0.15) is 0 Å². The number of hydrogen-bond donors (Lipinski definition) is 0. The molecule has 0 radical (unpaired) electrons. The molecule has 1 aromatic rings. The van der Waals surface area contributed by atoms with Crippen LogP contribution < -0.4 is 0 Å².